The average molecular weight is 827 g/mol. The zero-order valence-electron chi connectivity index (χ0n) is 36.7. The molecule has 14 nitrogen and oxygen atoms in total. The largest absolute Gasteiger partial charge is 0.464 e. The number of amides is 3. The van der Waals surface area contributed by atoms with Crippen LogP contribution >= 0.6 is 0 Å². The molecule has 6 N–H and O–H groups in total. The average Bonchev–Trinajstić information content (AvgIpc) is 3.18. The second-order valence-corrected chi connectivity index (χ2v) is 15.7. The molecule has 0 radical (unpaired) electrons. The number of aliphatic hydroxyl groups excluding tert-OH is 1. The first kappa shape index (κ1) is 54.9. The van der Waals surface area contributed by atoms with Crippen molar-refractivity contribution in [2.45, 2.75) is 219 Å². The lowest BCUT2D eigenvalue weighted by atomic mass is 10.1. The van der Waals surface area contributed by atoms with Crippen LogP contribution in [0.3, 0.4) is 0 Å². The van der Waals surface area contributed by atoms with Crippen molar-refractivity contribution in [3.63, 3.8) is 0 Å². The summed E-state index contributed by atoms with van der Waals surface area (Å²) in [5.41, 5.74) is 0. The highest BCUT2D eigenvalue weighted by Crippen LogP contribution is 2.12. The van der Waals surface area contributed by atoms with Crippen LogP contribution in [0, 0.1) is 0 Å². The van der Waals surface area contributed by atoms with E-state index in [1.165, 1.54) is 0 Å². The molecule has 0 saturated heterocycles. The number of rotatable bonds is 40. The Hall–Kier alpha value is -3.10. The quantitative estimate of drug-likeness (QED) is 0.0232. The minimum Gasteiger partial charge on any atom is -0.464 e. The molecule has 0 fully saturated rings. The molecular weight excluding hydrogens is 745 g/mol. The number of nitrogens with one attached hydrogen (secondary N) is 4. The van der Waals surface area contributed by atoms with E-state index in [-0.39, 0.29) is 42.8 Å². The van der Waals surface area contributed by atoms with Crippen LogP contribution in [0.2, 0.25) is 0 Å². The van der Waals surface area contributed by atoms with E-state index in [1.54, 1.807) is 14.0 Å². The van der Waals surface area contributed by atoms with E-state index in [1.807, 2.05) is 13.8 Å². The van der Waals surface area contributed by atoms with Crippen LogP contribution < -0.4 is 21.3 Å². The summed E-state index contributed by atoms with van der Waals surface area (Å²) in [5, 5.41) is 29.9. The Morgan fingerprint density at radius 3 is 1.29 bits per heavy atom. The highest BCUT2D eigenvalue weighted by Gasteiger charge is 2.22. The topological polar surface area (TPSA) is 209 Å². The zero-order chi connectivity index (χ0) is 43.2. The lowest BCUT2D eigenvalue weighted by Gasteiger charge is -2.17. The van der Waals surface area contributed by atoms with Crippen LogP contribution in [0.1, 0.15) is 194 Å². The molecule has 0 aliphatic rings. The fourth-order valence-electron chi connectivity index (χ4n) is 6.61. The van der Waals surface area contributed by atoms with Crippen LogP contribution in [0.25, 0.3) is 0 Å². The van der Waals surface area contributed by atoms with E-state index in [0.29, 0.717) is 64.3 Å². The Morgan fingerprint density at radius 1 is 0.500 bits per heavy atom. The minimum atomic E-state index is -1.39. The monoisotopic (exact) mass is 827 g/mol. The summed E-state index contributed by atoms with van der Waals surface area (Å²) < 4.78 is 10.9. The molecule has 0 saturated carbocycles. The van der Waals surface area contributed by atoms with Gasteiger partial charge < -0.3 is 45.7 Å². The van der Waals surface area contributed by atoms with Gasteiger partial charge in [0.25, 0.3) is 0 Å². The van der Waals surface area contributed by atoms with Crippen molar-refractivity contribution < 1.29 is 48.5 Å². The molecule has 14 heteroatoms. The molecule has 3 atom stereocenters. The Kier molecular flexibility index (Phi) is 36.1. The van der Waals surface area contributed by atoms with Gasteiger partial charge in [0.2, 0.25) is 17.7 Å². The van der Waals surface area contributed by atoms with E-state index in [9.17, 15) is 39.0 Å². The van der Waals surface area contributed by atoms with Gasteiger partial charge in [-0.15, -0.1) is 0 Å². The van der Waals surface area contributed by atoms with Crippen molar-refractivity contribution in [3.8, 4) is 0 Å². The van der Waals surface area contributed by atoms with E-state index in [4.69, 9.17) is 9.47 Å². The van der Waals surface area contributed by atoms with Crippen LogP contribution in [-0.2, 0) is 38.2 Å². The van der Waals surface area contributed by atoms with Gasteiger partial charge >= 0.3 is 11.9 Å². The number of ether oxygens (including phenoxy) is 2. The third kappa shape index (κ3) is 32.8. The van der Waals surface area contributed by atoms with Crippen molar-refractivity contribution in [3.05, 3.63) is 0 Å². The Morgan fingerprint density at radius 2 is 0.897 bits per heavy atom. The van der Waals surface area contributed by atoms with Gasteiger partial charge in [-0.05, 0) is 97.4 Å². The van der Waals surface area contributed by atoms with E-state index in [2.05, 4.69) is 21.3 Å². The maximum Gasteiger partial charge on any atom is 0.328 e. The van der Waals surface area contributed by atoms with E-state index < -0.39 is 30.3 Å². The first-order valence-corrected chi connectivity index (χ1v) is 22.7. The number of likely N-dealkylation sites (N-methyl/N-ethyl adjacent to an activating group) is 1. The Labute approximate surface area is 349 Å². The van der Waals surface area contributed by atoms with Crippen LogP contribution in [0.15, 0.2) is 0 Å². The maximum absolute atomic E-state index is 12.7. The number of esters is 2. The standard InChI is InChI=1S/C44H82N4O10/c1-5-25-37(47-40(51)30-19-13-8-7-11-17-27-35(3)49)43(55)57-33-23-15-16-24-34-58-44(56)38(26-6-2)48-41(52)31-20-14-10-9-12-18-29-39(50)46-32-22-21-28-36(45-4)42(53)54/h36-38,42,45,53-54H,5-34H2,1-4H3,(H,46,50)(H,47,51)(H,48,52). The number of hydrogen-bond acceptors (Lipinski definition) is 11. The Bertz CT molecular complexity index is 1110. The second-order valence-electron chi connectivity index (χ2n) is 15.7. The van der Waals surface area contributed by atoms with Crippen molar-refractivity contribution in [1.29, 1.82) is 0 Å². The predicted octanol–water partition coefficient (Wildman–Crippen LogP) is 6.22. The number of unbranched alkanes of at least 4 members (excludes halogenated alkanes) is 14. The molecule has 0 aliphatic heterocycles. The number of aliphatic hydroxyl groups is 2. The lowest BCUT2D eigenvalue weighted by Crippen LogP contribution is -2.41. The van der Waals surface area contributed by atoms with Gasteiger partial charge in [0.05, 0.1) is 19.3 Å². The summed E-state index contributed by atoms with van der Waals surface area (Å²) in [6.45, 7) is 6.64. The Balaban J connectivity index is 4.02. The molecule has 0 aromatic carbocycles. The molecule has 0 aliphatic carbocycles. The molecule has 0 rings (SSSR count). The molecule has 0 bridgehead atoms. The second kappa shape index (κ2) is 38.1. The minimum absolute atomic E-state index is 0.0356. The van der Waals surface area contributed by atoms with Gasteiger partial charge in [0, 0.05) is 32.2 Å². The summed E-state index contributed by atoms with van der Waals surface area (Å²) in [7, 11) is 1.69. The van der Waals surface area contributed by atoms with Crippen molar-refractivity contribution in [2.75, 3.05) is 26.8 Å². The molecule has 58 heavy (non-hydrogen) atoms. The van der Waals surface area contributed by atoms with Gasteiger partial charge in [-0.1, -0.05) is 78.1 Å². The molecule has 3 unspecified atom stereocenters. The predicted molar refractivity (Wildman–Crippen MR) is 227 cm³/mol. The van der Waals surface area contributed by atoms with Gasteiger partial charge in [-0.2, -0.15) is 0 Å². The first-order valence-electron chi connectivity index (χ1n) is 22.7. The maximum atomic E-state index is 12.7. The first-order chi connectivity index (χ1) is 27.9. The number of hydrogen-bond donors (Lipinski definition) is 6. The summed E-state index contributed by atoms with van der Waals surface area (Å²) in [4.78, 5) is 73.4. The van der Waals surface area contributed by atoms with Gasteiger partial charge in [0.15, 0.2) is 6.29 Å². The fraction of sp³-hybridized carbons (Fsp3) is 0.864. The number of ketones is 1. The third-order valence-corrected chi connectivity index (χ3v) is 10.2. The molecule has 0 aromatic heterocycles. The summed E-state index contributed by atoms with van der Waals surface area (Å²) in [5.74, 6) is -0.839. The molecule has 3 amide bonds. The SMILES string of the molecule is CCCC(NC(=O)CCCCCCCCC(C)=O)C(=O)OCCCCCCOC(=O)C(CCC)NC(=O)CCCCCCCCC(=O)NCCCCC(NC)C(O)O. The van der Waals surface area contributed by atoms with Gasteiger partial charge in [-0.3, -0.25) is 14.4 Å². The molecule has 0 aromatic rings. The van der Waals surface area contributed by atoms with Crippen LogP contribution in [-0.4, -0.2) is 96.9 Å². The molecule has 338 valence electrons. The summed E-state index contributed by atoms with van der Waals surface area (Å²) in [6, 6.07) is -1.66. The molecule has 0 heterocycles. The van der Waals surface area contributed by atoms with E-state index >= 15 is 0 Å². The van der Waals surface area contributed by atoms with Crippen LogP contribution in [0.5, 0.6) is 0 Å². The van der Waals surface area contributed by atoms with Gasteiger partial charge in [0.1, 0.15) is 17.9 Å². The third-order valence-electron chi connectivity index (χ3n) is 10.2. The van der Waals surface area contributed by atoms with Crippen molar-refractivity contribution in [1.82, 2.24) is 21.3 Å². The number of Topliss-reactive ketones (excluding diaryl/α,β-unsaturated/α-hetero) is 1. The zero-order valence-corrected chi connectivity index (χ0v) is 36.7. The summed E-state index contributed by atoms with van der Waals surface area (Å²) >= 11 is 0. The normalized spacial score (nSPS) is 12.7. The fourth-order valence-corrected chi connectivity index (χ4v) is 6.61. The van der Waals surface area contributed by atoms with Crippen LogP contribution in [0.4, 0.5) is 0 Å². The van der Waals surface area contributed by atoms with Gasteiger partial charge in [-0.25, -0.2) is 9.59 Å². The summed E-state index contributed by atoms with van der Waals surface area (Å²) in [6.07, 6.45) is 19.3. The van der Waals surface area contributed by atoms with E-state index in [0.717, 1.165) is 116 Å². The lowest BCUT2D eigenvalue weighted by molar-refractivity contribution is -0.149. The van der Waals surface area contributed by atoms with Crippen molar-refractivity contribution >= 4 is 35.4 Å². The smallest absolute Gasteiger partial charge is 0.328 e. The molecular formula is C44H82N4O10. The highest BCUT2D eigenvalue weighted by molar-refractivity contribution is 5.85. The highest BCUT2D eigenvalue weighted by atomic mass is 16.5. The number of carbonyl (C=O) groups is 6. The number of carbonyl (C=O) groups excluding carboxylic acids is 6. The molecule has 0 spiro atoms. The van der Waals surface area contributed by atoms with Crippen molar-refractivity contribution in [2.24, 2.45) is 0 Å².